The molecule has 2 heterocycles. The first-order valence-corrected chi connectivity index (χ1v) is 3.39. The van der Waals surface area contributed by atoms with E-state index in [2.05, 4.69) is 11.2 Å². The Morgan fingerprint density at radius 2 is 2.50 bits per heavy atom. The Bertz CT molecular complexity index is 250. The van der Waals surface area contributed by atoms with Crippen molar-refractivity contribution in [1.29, 1.82) is 0 Å². The summed E-state index contributed by atoms with van der Waals surface area (Å²) >= 11 is 0. The van der Waals surface area contributed by atoms with Gasteiger partial charge in [-0.3, -0.25) is 4.68 Å². The minimum atomic E-state index is 0.325. The third-order valence-electron chi connectivity index (χ3n) is 1.70. The molecule has 2 rings (SSSR count). The topological polar surface area (TPSA) is 30.4 Å². The third kappa shape index (κ3) is 0.827. The van der Waals surface area contributed by atoms with Crippen molar-refractivity contribution in [1.82, 2.24) is 9.78 Å². The summed E-state index contributed by atoms with van der Waals surface area (Å²) in [6, 6.07) is 2.07. The van der Waals surface area contributed by atoms with Crippen molar-refractivity contribution < 1.29 is 4.74 Å². The summed E-state index contributed by atoms with van der Waals surface area (Å²) in [4.78, 5) is 0. The molecule has 1 aliphatic heterocycles. The summed E-state index contributed by atoms with van der Waals surface area (Å²) in [5, 5.41) is 4.21. The molecule has 0 amide bonds. The van der Waals surface area contributed by atoms with Gasteiger partial charge in [-0.25, -0.2) is 0 Å². The fourth-order valence-corrected chi connectivity index (χ4v) is 1.15. The first kappa shape index (κ1) is 5.92. The number of hydrogen-bond acceptors (Lipinski definition) is 2. The number of nitrogens with zero attached hydrogens (tertiary/aromatic N) is 2. The molecule has 1 aromatic rings. The van der Waals surface area contributed by atoms with Gasteiger partial charge in [-0.05, 0) is 13.0 Å². The number of hydrogen-bond donors (Lipinski definition) is 0. The van der Waals surface area contributed by atoms with Gasteiger partial charge >= 0.3 is 0 Å². The average Bonchev–Trinajstić information content (AvgIpc) is 2.61. The number of aryl methyl sites for hydroxylation is 2. The first-order chi connectivity index (χ1) is 4.77. The Morgan fingerprint density at radius 1 is 1.80 bits per heavy atom. The molecule has 3 nitrogen and oxygen atoms in total. The fourth-order valence-electron chi connectivity index (χ4n) is 1.15. The van der Waals surface area contributed by atoms with E-state index < -0.39 is 0 Å². The Labute approximate surface area is 59.6 Å². The molecule has 0 aromatic carbocycles. The van der Waals surface area contributed by atoms with E-state index in [1.54, 1.807) is 0 Å². The zero-order chi connectivity index (χ0) is 7.14. The van der Waals surface area contributed by atoms with Crippen LogP contribution in [0.15, 0.2) is 6.07 Å². The molecule has 1 aliphatic rings. The summed E-state index contributed by atoms with van der Waals surface area (Å²) in [5.74, 6) is 0. The smallest absolute Gasteiger partial charge is 0.122 e. The van der Waals surface area contributed by atoms with E-state index in [0.29, 0.717) is 6.10 Å². The van der Waals surface area contributed by atoms with E-state index in [4.69, 9.17) is 4.74 Å². The number of aromatic nitrogens is 2. The van der Waals surface area contributed by atoms with Crippen molar-refractivity contribution in [2.45, 2.75) is 13.0 Å². The van der Waals surface area contributed by atoms with Crippen LogP contribution in [0.2, 0.25) is 0 Å². The minimum Gasteiger partial charge on any atom is -0.366 e. The molecule has 1 saturated heterocycles. The van der Waals surface area contributed by atoms with Crippen LogP contribution in [0.1, 0.15) is 17.5 Å². The highest BCUT2D eigenvalue weighted by Gasteiger charge is 2.27. The van der Waals surface area contributed by atoms with Gasteiger partial charge in [0.1, 0.15) is 6.10 Å². The molecule has 1 unspecified atom stereocenters. The third-order valence-corrected chi connectivity index (χ3v) is 1.70. The van der Waals surface area contributed by atoms with Gasteiger partial charge in [-0.15, -0.1) is 0 Å². The average molecular weight is 138 g/mol. The molecule has 54 valence electrons. The van der Waals surface area contributed by atoms with Gasteiger partial charge < -0.3 is 4.74 Å². The molecule has 0 saturated carbocycles. The van der Waals surface area contributed by atoms with E-state index in [1.165, 1.54) is 5.69 Å². The molecule has 1 fully saturated rings. The molecule has 1 aromatic heterocycles. The quantitative estimate of drug-likeness (QED) is 0.537. The van der Waals surface area contributed by atoms with Gasteiger partial charge in [0, 0.05) is 7.05 Å². The van der Waals surface area contributed by atoms with Crippen LogP contribution in [-0.4, -0.2) is 16.4 Å². The second kappa shape index (κ2) is 1.83. The lowest BCUT2D eigenvalue weighted by atomic mass is 10.3. The zero-order valence-electron chi connectivity index (χ0n) is 6.16. The Balaban J connectivity index is 2.38. The Morgan fingerprint density at radius 3 is 2.90 bits per heavy atom. The van der Waals surface area contributed by atoms with E-state index in [0.717, 1.165) is 12.3 Å². The van der Waals surface area contributed by atoms with E-state index in [1.807, 2.05) is 18.7 Å². The molecular formula is C7H10N2O. The maximum absolute atomic E-state index is 5.13. The lowest BCUT2D eigenvalue weighted by Gasteiger charge is -1.92. The van der Waals surface area contributed by atoms with Crippen molar-refractivity contribution >= 4 is 0 Å². The molecule has 0 radical (unpaired) electrons. The molecule has 0 aliphatic carbocycles. The lowest BCUT2D eigenvalue weighted by Crippen LogP contribution is -1.96. The van der Waals surface area contributed by atoms with E-state index in [9.17, 15) is 0 Å². The number of rotatable bonds is 1. The van der Waals surface area contributed by atoms with Crippen LogP contribution in [0.5, 0.6) is 0 Å². The normalized spacial score (nSPS) is 23.2. The largest absolute Gasteiger partial charge is 0.366 e. The molecule has 1 atom stereocenters. The summed E-state index contributed by atoms with van der Waals surface area (Å²) in [7, 11) is 1.95. The number of epoxide rings is 1. The van der Waals surface area contributed by atoms with Crippen LogP contribution in [0.25, 0.3) is 0 Å². The first-order valence-electron chi connectivity index (χ1n) is 3.39. The molecule has 10 heavy (non-hydrogen) atoms. The predicted octanol–water partition coefficient (Wildman–Crippen LogP) is 0.800. The monoisotopic (exact) mass is 138 g/mol. The molecule has 0 bridgehead atoms. The zero-order valence-corrected chi connectivity index (χ0v) is 6.16. The summed E-state index contributed by atoms with van der Waals surface area (Å²) in [5.41, 5.74) is 2.26. The van der Waals surface area contributed by atoms with Crippen molar-refractivity contribution in [3.05, 3.63) is 17.5 Å². The van der Waals surface area contributed by atoms with Crippen LogP contribution in [0, 0.1) is 6.92 Å². The van der Waals surface area contributed by atoms with Gasteiger partial charge in [0.25, 0.3) is 0 Å². The van der Waals surface area contributed by atoms with Crippen LogP contribution in [0.4, 0.5) is 0 Å². The molecule has 3 heteroatoms. The van der Waals surface area contributed by atoms with Crippen LogP contribution < -0.4 is 0 Å². The lowest BCUT2D eigenvalue weighted by molar-refractivity contribution is 0.404. The van der Waals surface area contributed by atoms with Gasteiger partial charge in [-0.1, -0.05) is 0 Å². The SMILES string of the molecule is Cc1cc(C2CO2)n(C)n1. The van der Waals surface area contributed by atoms with Gasteiger partial charge in [0.2, 0.25) is 0 Å². The fraction of sp³-hybridized carbons (Fsp3) is 0.571. The maximum Gasteiger partial charge on any atom is 0.122 e. The van der Waals surface area contributed by atoms with Crippen LogP contribution in [0.3, 0.4) is 0 Å². The van der Waals surface area contributed by atoms with Crippen LogP contribution in [-0.2, 0) is 11.8 Å². The Kier molecular flexibility index (Phi) is 1.08. The minimum absolute atomic E-state index is 0.325. The van der Waals surface area contributed by atoms with Crippen molar-refractivity contribution in [2.75, 3.05) is 6.61 Å². The molecule has 0 spiro atoms. The van der Waals surface area contributed by atoms with Gasteiger partial charge in [0.15, 0.2) is 0 Å². The highest BCUT2D eigenvalue weighted by Crippen LogP contribution is 2.29. The maximum atomic E-state index is 5.13. The Hall–Kier alpha value is -0.830. The molecular weight excluding hydrogens is 128 g/mol. The standard InChI is InChI=1S/C7H10N2O/c1-5-3-6(7-4-10-7)9(2)8-5/h3,7H,4H2,1-2H3. The van der Waals surface area contributed by atoms with Crippen molar-refractivity contribution in [3.63, 3.8) is 0 Å². The van der Waals surface area contributed by atoms with Crippen LogP contribution >= 0.6 is 0 Å². The second-order valence-corrected chi connectivity index (χ2v) is 2.66. The summed E-state index contributed by atoms with van der Waals surface area (Å²) in [6.07, 6.45) is 0.325. The van der Waals surface area contributed by atoms with E-state index >= 15 is 0 Å². The van der Waals surface area contributed by atoms with E-state index in [-0.39, 0.29) is 0 Å². The van der Waals surface area contributed by atoms with Crippen molar-refractivity contribution in [2.24, 2.45) is 7.05 Å². The molecule has 0 N–H and O–H groups in total. The number of ether oxygens (including phenoxy) is 1. The summed E-state index contributed by atoms with van der Waals surface area (Å²) in [6.45, 7) is 2.85. The highest BCUT2D eigenvalue weighted by molar-refractivity contribution is 5.14. The van der Waals surface area contributed by atoms with Crippen molar-refractivity contribution in [3.8, 4) is 0 Å². The van der Waals surface area contributed by atoms with Gasteiger partial charge in [0.05, 0.1) is 18.0 Å². The highest BCUT2D eigenvalue weighted by atomic mass is 16.6. The predicted molar refractivity (Wildman–Crippen MR) is 36.6 cm³/mol. The summed E-state index contributed by atoms with van der Waals surface area (Å²) < 4.78 is 7.01. The van der Waals surface area contributed by atoms with Gasteiger partial charge in [-0.2, -0.15) is 5.10 Å². The second-order valence-electron chi connectivity index (χ2n) is 2.66.